The summed E-state index contributed by atoms with van der Waals surface area (Å²) in [7, 11) is 0. The van der Waals surface area contributed by atoms with Crippen molar-refractivity contribution in [2.45, 2.75) is 32.6 Å². The van der Waals surface area contributed by atoms with Crippen molar-refractivity contribution in [1.29, 1.82) is 0 Å². The van der Waals surface area contributed by atoms with Crippen LogP contribution in [0.4, 0.5) is 5.69 Å². The van der Waals surface area contributed by atoms with Gasteiger partial charge in [0.2, 0.25) is 5.91 Å². The third-order valence-corrected chi connectivity index (χ3v) is 3.51. The monoisotopic (exact) mass is 318 g/mol. The summed E-state index contributed by atoms with van der Waals surface area (Å²) >= 11 is 0. The first-order valence-corrected chi connectivity index (χ1v) is 7.95. The minimum Gasteiger partial charge on any atom is -0.466 e. The summed E-state index contributed by atoms with van der Waals surface area (Å²) in [6, 6.07) is 6.77. The number of esters is 1. The number of nitrogens with one attached hydrogen (secondary N) is 2. The zero-order valence-electron chi connectivity index (χ0n) is 13.3. The van der Waals surface area contributed by atoms with Crippen molar-refractivity contribution in [2.24, 2.45) is 5.92 Å². The first-order chi connectivity index (χ1) is 11.1. The van der Waals surface area contributed by atoms with Crippen LogP contribution in [-0.4, -0.2) is 30.9 Å². The normalized spacial score (nSPS) is 13.3. The van der Waals surface area contributed by atoms with Gasteiger partial charge in [-0.1, -0.05) is 0 Å². The van der Waals surface area contributed by atoms with Gasteiger partial charge in [0.15, 0.2) is 0 Å². The highest BCUT2D eigenvalue weighted by atomic mass is 16.5. The summed E-state index contributed by atoms with van der Waals surface area (Å²) in [6.45, 7) is 2.54. The molecule has 1 saturated carbocycles. The molecule has 0 aromatic heterocycles. The molecule has 0 saturated heterocycles. The van der Waals surface area contributed by atoms with Crippen LogP contribution in [0.2, 0.25) is 0 Å². The average molecular weight is 318 g/mol. The standard InChI is InChI=1S/C17H22N2O4/c1-2-23-15(20)4-3-11-18-16(21)12-7-9-14(10-8-12)19-17(22)13-5-6-13/h7-10,13H,2-6,11H2,1H3,(H,18,21)(H,19,22). The maximum Gasteiger partial charge on any atom is 0.305 e. The van der Waals surface area contributed by atoms with Gasteiger partial charge in [0.1, 0.15) is 0 Å². The van der Waals surface area contributed by atoms with Gasteiger partial charge in [0.25, 0.3) is 5.91 Å². The lowest BCUT2D eigenvalue weighted by Gasteiger charge is -2.07. The van der Waals surface area contributed by atoms with Crippen LogP contribution in [0.15, 0.2) is 24.3 Å². The number of anilines is 1. The van der Waals surface area contributed by atoms with E-state index >= 15 is 0 Å². The van der Waals surface area contributed by atoms with Crippen LogP contribution in [-0.2, 0) is 14.3 Å². The Morgan fingerprint density at radius 1 is 1.17 bits per heavy atom. The quantitative estimate of drug-likeness (QED) is 0.568. The summed E-state index contributed by atoms with van der Waals surface area (Å²) in [5.74, 6) is -0.259. The molecule has 1 aromatic carbocycles. The Hall–Kier alpha value is -2.37. The fraction of sp³-hybridized carbons (Fsp3) is 0.471. The van der Waals surface area contributed by atoms with E-state index < -0.39 is 0 Å². The van der Waals surface area contributed by atoms with Crippen LogP contribution < -0.4 is 10.6 Å². The Balaban J connectivity index is 1.71. The van der Waals surface area contributed by atoms with Crippen molar-refractivity contribution in [3.8, 4) is 0 Å². The summed E-state index contributed by atoms with van der Waals surface area (Å²) in [5.41, 5.74) is 1.21. The van der Waals surface area contributed by atoms with E-state index in [1.807, 2.05) is 0 Å². The van der Waals surface area contributed by atoms with Crippen molar-refractivity contribution in [2.75, 3.05) is 18.5 Å². The molecule has 23 heavy (non-hydrogen) atoms. The van der Waals surface area contributed by atoms with E-state index in [1.54, 1.807) is 31.2 Å². The second-order valence-electron chi connectivity index (χ2n) is 5.51. The van der Waals surface area contributed by atoms with Crippen LogP contribution in [0.1, 0.15) is 43.0 Å². The van der Waals surface area contributed by atoms with Gasteiger partial charge in [0.05, 0.1) is 6.61 Å². The fourth-order valence-electron chi connectivity index (χ4n) is 2.06. The highest BCUT2D eigenvalue weighted by Gasteiger charge is 2.29. The van der Waals surface area contributed by atoms with Crippen molar-refractivity contribution in [3.63, 3.8) is 0 Å². The maximum absolute atomic E-state index is 12.0. The number of hydrogen-bond acceptors (Lipinski definition) is 4. The summed E-state index contributed by atoms with van der Waals surface area (Å²) in [6.07, 6.45) is 2.75. The van der Waals surface area contributed by atoms with Crippen molar-refractivity contribution >= 4 is 23.5 Å². The largest absolute Gasteiger partial charge is 0.466 e. The Labute approximate surface area is 135 Å². The molecule has 0 spiro atoms. The van der Waals surface area contributed by atoms with Gasteiger partial charge in [-0.05, 0) is 50.5 Å². The molecular weight excluding hydrogens is 296 g/mol. The van der Waals surface area contributed by atoms with Crippen LogP contribution >= 0.6 is 0 Å². The minimum absolute atomic E-state index is 0.0427. The highest BCUT2D eigenvalue weighted by Crippen LogP contribution is 2.30. The van der Waals surface area contributed by atoms with E-state index in [4.69, 9.17) is 4.74 Å². The lowest BCUT2D eigenvalue weighted by molar-refractivity contribution is -0.143. The first-order valence-electron chi connectivity index (χ1n) is 7.95. The molecule has 124 valence electrons. The molecule has 6 heteroatoms. The van der Waals surface area contributed by atoms with Crippen LogP contribution in [0.5, 0.6) is 0 Å². The van der Waals surface area contributed by atoms with Gasteiger partial charge in [0, 0.05) is 30.1 Å². The summed E-state index contributed by atoms with van der Waals surface area (Å²) < 4.78 is 4.81. The number of hydrogen-bond donors (Lipinski definition) is 2. The molecule has 2 amide bonds. The van der Waals surface area contributed by atoms with Crippen molar-refractivity contribution in [3.05, 3.63) is 29.8 Å². The zero-order valence-corrected chi connectivity index (χ0v) is 13.3. The Morgan fingerprint density at radius 3 is 2.48 bits per heavy atom. The predicted octanol–water partition coefficient (Wildman–Crippen LogP) is 2.11. The van der Waals surface area contributed by atoms with Crippen LogP contribution in [0.3, 0.4) is 0 Å². The molecule has 0 radical (unpaired) electrons. The van der Waals surface area contributed by atoms with E-state index in [9.17, 15) is 14.4 Å². The van der Waals surface area contributed by atoms with Crippen LogP contribution in [0.25, 0.3) is 0 Å². The Kier molecular flexibility index (Phi) is 6.14. The molecule has 2 N–H and O–H groups in total. The van der Waals surface area contributed by atoms with Crippen molar-refractivity contribution in [1.82, 2.24) is 5.32 Å². The SMILES string of the molecule is CCOC(=O)CCCNC(=O)c1ccc(NC(=O)C2CC2)cc1. The van der Waals surface area contributed by atoms with Gasteiger partial charge < -0.3 is 15.4 Å². The maximum atomic E-state index is 12.0. The van der Waals surface area contributed by atoms with Gasteiger partial charge in [-0.2, -0.15) is 0 Å². The molecule has 0 unspecified atom stereocenters. The number of carbonyl (C=O) groups is 3. The number of ether oxygens (including phenoxy) is 1. The van der Waals surface area contributed by atoms with E-state index in [-0.39, 0.29) is 23.7 Å². The molecule has 0 bridgehead atoms. The summed E-state index contributed by atoms with van der Waals surface area (Å²) in [4.78, 5) is 34.8. The molecule has 0 aliphatic heterocycles. The van der Waals surface area contributed by atoms with E-state index in [1.165, 1.54) is 0 Å². The van der Waals surface area contributed by atoms with Gasteiger partial charge >= 0.3 is 5.97 Å². The molecule has 0 heterocycles. The lowest BCUT2D eigenvalue weighted by atomic mass is 10.2. The minimum atomic E-state index is -0.252. The molecular formula is C17H22N2O4. The Bertz CT molecular complexity index is 564. The van der Waals surface area contributed by atoms with E-state index in [2.05, 4.69) is 10.6 Å². The first kappa shape index (κ1) is 17.0. The van der Waals surface area contributed by atoms with Crippen molar-refractivity contribution < 1.29 is 19.1 Å². The molecule has 1 aromatic rings. The van der Waals surface area contributed by atoms with Crippen LogP contribution in [0, 0.1) is 5.92 Å². The summed E-state index contributed by atoms with van der Waals surface area (Å²) in [5, 5.41) is 5.58. The molecule has 0 atom stereocenters. The van der Waals surface area contributed by atoms with E-state index in [0.717, 1.165) is 12.8 Å². The predicted molar refractivity (Wildman–Crippen MR) is 86.0 cm³/mol. The Morgan fingerprint density at radius 2 is 1.87 bits per heavy atom. The average Bonchev–Trinajstić information content (AvgIpc) is 3.37. The zero-order chi connectivity index (χ0) is 16.7. The second kappa shape index (κ2) is 8.31. The second-order valence-corrected chi connectivity index (χ2v) is 5.51. The highest BCUT2D eigenvalue weighted by molar-refractivity contribution is 5.96. The molecule has 1 fully saturated rings. The number of carbonyl (C=O) groups excluding carboxylic acids is 3. The molecule has 1 aliphatic rings. The smallest absolute Gasteiger partial charge is 0.305 e. The van der Waals surface area contributed by atoms with E-state index in [0.29, 0.717) is 37.2 Å². The fourth-order valence-corrected chi connectivity index (χ4v) is 2.06. The number of rotatable bonds is 8. The topological polar surface area (TPSA) is 84.5 Å². The third-order valence-electron chi connectivity index (χ3n) is 3.51. The lowest BCUT2D eigenvalue weighted by Crippen LogP contribution is -2.25. The third kappa shape index (κ3) is 5.73. The number of amides is 2. The molecule has 1 aliphatic carbocycles. The molecule has 6 nitrogen and oxygen atoms in total. The van der Waals surface area contributed by atoms with Gasteiger partial charge in [-0.15, -0.1) is 0 Å². The number of benzene rings is 1. The molecule has 2 rings (SSSR count). The van der Waals surface area contributed by atoms with Gasteiger partial charge in [-0.25, -0.2) is 0 Å². The van der Waals surface area contributed by atoms with Gasteiger partial charge in [-0.3, -0.25) is 14.4 Å².